The molecule has 2 heterocycles. The number of amides is 1. The van der Waals surface area contributed by atoms with Crippen LogP contribution in [0.1, 0.15) is 17.2 Å². The van der Waals surface area contributed by atoms with Crippen LogP contribution in [0.15, 0.2) is 40.2 Å². The van der Waals surface area contributed by atoms with Crippen LogP contribution in [0.3, 0.4) is 0 Å². The topological polar surface area (TPSA) is 120 Å². The van der Waals surface area contributed by atoms with E-state index in [4.69, 9.17) is 9.84 Å². The number of aryl methyl sites for hydroxylation is 2. The highest BCUT2D eigenvalue weighted by atomic mass is 16.5. The maximum absolute atomic E-state index is 12.5. The summed E-state index contributed by atoms with van der Waals surface area (Å²) in [6.45, 7) is 2.06. The average molecular weight is 415 g/mol. The minimum atomic E-state index is -0.512. The van der Waals surface area contributed by atoms with Crippen LogP contribution in [-0.4, -0.2) is 49.5 Å². The number of aliphatic hydroxyl groups excluding tert-OH is 1. The van der Waals surface area contributed by atoms with E-state index in [0.29, 0.717) is 0 Å². The monoisotopic (exact) mass is 415 g/mol. The Bertz CT molecular complexity index is 1160. The molecule has 10 nitrogen and oxygen atoms in total. The number of aliphatic hydroxyl groups is 1. The third-order valence-electron chi connectivity index (χ3n) is 4.88. The zero-order valence-electron chi connectivity index (χ0n) is 17.2. The molecule has 10 heteroatoms. The van der Waals surface area contributed by atoms with Crippen LogP contribution < -0.4 is 16.6 Å². The summed E-state index contributed by atoms with van der Waals surface area (Å²) in [4.78, 5) is 41.1. The van der Waals surface area contributed by atoms with Gasteiger partial charge in [0.1, 0.15) is 6.54 Å². The van der Waals surface area contributed by atoms with Gasteiger partial charge in [-0.15, -0.1) is 0 Å². The van der Waals surface area contributed by atoms with Crippen molar-refractivity contribution in [1.82, 2.24) is 24.0 Å². The number of aromatic nitrogens is 4. The van der Waals surface area contributed by atoms with E-state index in [-0.39, 0.29) is 43.4 Å². The number of hydrogen-bond acceptors (Lipinski definition) is 6. The zero-order valence-corrected chi connectivity index (χ0v) is 17.2. The first-order valence-electron chi connectivity index (χ1n) is 9.50. The summed E-state index contributed by atoms with van der Waals surface area (Å²) >= 11 is 0. The van der Waals surface area contributed by atoms with Crippen LogP contribution in [0.25, 0.3) is 11.2 Å². The van der Waals surface area contributed by atoms with Crippen molar-refractivity contribution in [2.24, 2.45) is 14.1 Å². The number of benzene rings is 1. The van der Waals surface area contributed by atoms with Crippen LogP contribution in [0.4, 0.5) is 0 Å². The highest BCUT2D eigenvalue weighted by molar-refractivity contribution is 5.78. The van der Waals surface area contributed by atoms with E-state index in [1.54, 1.807) is 0 Å². The Morgan fingerprint density at radius 3 is 2.57 bits per heavy atom. The lowest BCUT2D eigenvalue weighted by Gasteiger charge is -2.19. The fourth-order valence-corrected chi connectivity index (χ4v) is 3.18. The van der Waals surface area contributed by atoms with E-state index in [1.165, 1.54) is 29.6 Å². The van der Waals surface area contributed by atoms with Gasteiger partial charge in [-0.3, -0.25) is 18.7 Å². The Morgan fingerprint density at radius 2 is 1.90 bits per heavy atom. The van der Waals surface area contributed by atoms with Crippen LogP contribution >= 0.6 is 0 Å². The summed E-state index contributed by atoms with van der Waals surface area (Å²) in [6.07, 6.45) is 0.945. The molecule has 0 aliphatic carbocycles. The van der Waals surface area contributed by atoms with Gasteiger partial charge in [-0.25, -0.2) is 9.78 Å². The number of ether oxygens (including phenoxy) is 1. The predicted molar refractivity (Wildman–Crippen MR) is 110 cm³/mol. The fraction of sp³-hybridized carbons (Fsp3) is 0.400. The Hall–Kier alpha value is -3.24. The van der Waals surface area contributed by atoms with Crippen molar-refractivity contribution < 1.29 is 14.6 Å². The Kier molecular flexibility index (Phi) is 6.48. The van der Waals surface area contributed by atoms with Crippen LogP contribution in [0, 0.1) is 6.92 Å². The molecule has 0 aliphatic rings. The van der Waals surface area contributed by atoms with Gasteiger partial charge in [0.05, 0.1) is 25.6 Å². The number of imidazole rings is 1. The minimum Gasteiger partial charge on any atom is -0.394 e. The van der Waals surface area contributed by atoms with Gasteiger partial charge >= 0.3 is 5.69 Å². The second-order valence-electron chi connectivity index (χ2n) is 7.05. The first-order valence-corrected chi connectivity index (χ1v) is 9.50. The number of nitrogens with one attached hydrogen (secondary N) is 1. The molecular formula is C20H25N5O5. The molecule has 1 atom stereocenters. The summed E-state index contributed by atoms with van der Waals surface area (Å²) in [6, 6.07) is 7.72. The maximum Gasteiger partial charge on any atom is 0.332 e. The van der Waals surface area contributed by atoms with E-state index in [2.05, 4.69) is 10.3 Å². The highest BCUT2D eigenvalue weighted by Crippen LogP contribution is 2.17. The van der Waals surface area contributed by atoms with E-state index >= 15 is 0 Å². The summed E-state index contributed by atoms with van der Waals surface area (Å²) in [7, 11) is 2.90. The third kappa shape index (κ3) is 4.34. The average Bonchev–Trinajstić information content (AvgIpc) is 3.15. The number of hydrogen-bond donors (Lipinski definition) is 2. The van der Waals surface area contributed by atoms with Crippen molar-refractivity contribution >= 4 is 17.1 Å². The molecule has 3 rings (SSSR count). The summed E-state index contributed by atoms with van der Waals surface area (Å²) < 4.78 is 9.33. The molecule has 1 amide bonds. The van der Waals surface area contributed by atoms with Gasteiger partial charge in [0.25, 0.3) is 5.56 Å². The fourth-order valence-electron chi connectivity index (χ4n) is 3.18. The van der Waals surface area contributed by atoms with Gasteiger partial charge in [0.2, 0.25) is 5.91 Å². The second kappa shape index (κ2) is 9.06. The van der Waals surface area contributed by atoms with E-state index in [1.807, 2.05) is 31.2 Å². The van der Waals surface area contributed by atoms with E-state index < -0.39 is 17.4 Å². The number of fused-ring (bicyclic) bond motifs is 1. The molecular weight excluding hydrogens is 390 g/mol. The quantitative estimate of drug-likeness (QED) is 0.517. The van der Waals surface area contributed by atoms with Crippen molar-refractivity contribution in [3.05, 3.63) is 62.6 Å². The van der Waals surface area contributed by atoms with Crippen LogP contribution in [0.5, 0.6) is 0 Å². The van der Waals surface area contributed by atoms with Gasteiger partial charge in [-0.05, 0) is 12.5 Å². The number of nitrogens with zero attached hydrogens (tertiary/aromatic N) is 4. The van der Waals surface area contributed by atoms with Crippen molar-refractivity contribution in [3.8, 4) is 0 Å². The van der Waals surface area contributed by atoms with E-state index in [0.717, 1.165) is 15.7 Å². The smallest absolute Gasteiger partial charge is 0.332 e. The molecule has 2 N–H and O–H groups in total. The molecule has 2 aromatic heterocycles. The summed E-state index contributed by atoms with van der Waals surface area (Å²) in [5.74, 6) is -0.338. The lowest BCUT2D eigenvalue weighted by molar-refractivity contribution is -0.122. The van der Waals surface area contributed by atoms with Crippen molar-refractivity contribution in [3.63, 3.8) is 0 Å². The van der Waals surface area contributed by atoms with Gasteiger partial charge in [0.15, 0.2) is 11.2 Å². The van der Waals surface area contributed by atoms with Crippen molar-refractivity contribution in [2.75, 3.05) is 19.8 Å². The number of rotatable bonds is 8. The van der Waals surface area contributed by atoms with Gasteiger partial charge in [-0.1, -0.05) is 29.8 Å². The third-order valence-corrected chi connectivity index (χ3v) is 4.88. The molecule has 30 heavy (non-hydrogen) atoms. The molecule has 0 fully saturated rings. The van der Waals surface area contributed by atoms with Crippen molar-refractivity contribution in [1.29, 1.82) is 0 Å². The first kappa shape index (κ1) is 21.5. The molecule has 0 saturated heterocycles. The molecule has 0 radical (unpaired) electrons. The molecule has 0 saturated carbocycles. The van der Waals surface area contributed by atoms with E-state index in [9.17, 15) is 14.4 Å². The Balaban J connectivity index is 1.75. The largest absolute Gasteiger partial charge is 0.394 e. The summed E-state index contributed by atoms with van der Waals surface area (Å²) in [5.41, 5.74) is 1.39. The number of carbonyl (C=O) groups excluding carboxylic acids is 1. The molecule has 3 aromatic rings. The minimum absolute atomic E-state index is 0.126. The normalized spacial score (nSPS) is 12.3. The number of carbonyl (C=O) groups is 1. The Labute approximate surface area is 172 Å². The molecule has 160 valence electrons. The zero-order chi connectivity index (χ0) is 21.8. The summed E-state index contributed by atoms with van der Waals surface area (Å²) in [5, 5.41) is 11.9. The standard InChI is InChI=1S/C20H25N5O5/c1-13-4-6-14(7-5-13)15(30-9-8-26)10-21-16(27)11-25-12-22-18-17(25)19(28)24(3)20(29)23(18)2/h4-7,12,15,26H,8-11H2,1-3H3,(H,21,27). The molecule has 0 aliphatic heterocycles. The molecule has 1 unspecified atom stereocenters. The highest BCUT2D eigenvalue weighted by Gasteiger charge is 2.17. The van der Waals surface area contributed by atoms with Crippen LogP contribution in [-0.2, 0) is 30.2 Å². The van der Waals surface area contributed by atoms with Gasteiger partial charge in [0, 0.05) is 20.6 Å². The van der Waals surface area contributed by atoms with Gasteiger partial charge < -0.3 is 19.7 Å². The maximum atomic E-state index is 12.5. The first-order chi connectivity index (χ1) is 14.3. The van der Waals surface area contributed by atoms with Crippen LogP contribution in [0.2, 0.25) is 0 Å². The predicted octanol–water partition coefficient (Wildman–Crippen LogP) is -0.391. The van der Waals surface area contributed by atoms with Crippen molar-refractivity contribution in [2.45, 2.75) is 19.6 Å². The molecule has 1 aromatic carbocycles. The second-order valence-corrected chi connectivity index (χ2v) is 7.05. The molecule has 0 spiro atoms. The SMILES string of the molecule is Cc1ccc(C(CNC(=O)Cn2cnc3c2c(=O)n(C)c(=O)n3C)OCCO)cc1. The lowest BCUT2D eigenvalue weighted by atomic mass is 10.1. The molecule has 0 bridgehead atoms. The Morgan fingerprint density at radius 1 is 1.20 bits per heavy atom. The van der Waals surface area contributed by atoms with Gasteiger partial charge in [-0.2, -0.15) is 0 Å². The lowest BCUT2D eigenvalue weighted by Crippen LogP contribution is -2.38.